The highest BCUT2D eigenvalue weighted by atomic mass is 35.5. The van der Waals surface area contributed by atoms with Gasteiger partial charge in [-0.25, -0.2) is 0 Å². The Balaban J connectivity index is 0.00000220. The Kier molecular flexibility index (Phi) is 5.83. The van der Waals surface area contributed by atoms with Crippen LogP contribution in [0.3, 0.4) is 0 Å². The van der Waals surface area contributed by atoms with Crippen LogP contribution in [0.1, 0.15) is 18.5 Å². The zero-order chi connectivity index (χ0) is 14.8. The molecule has 2 N–H and O–H groups in total. The van der Waals surface area contributed by atoms with Crippen molar-refractivity contribution in [1.29, 1.82) is 0 Å². The number of nitrogens with two attached hydrogens (primary N) is 1. The number of halogens is 4. The van der Waals surface area contributed by atoms with Gasteiger partial charge in [-0.3, -0.25) is 9.78 Å². The number of hydrogen-bond donors (Lipinski definition) is 1. The molecule has 0 saturated carbocycles. The van der Waals surface area contributed by atoms with Crippen LogP contribution < -0.4 is 5.73 Å². The quantitative estimate of drug-likeness (QED) is 0.909. The first-order valence-corrected chi connectivity index (χ1v) is 6.41. The van der Waals surface area contributed by atoms with Gasteiger partial charge in [-0.05, 0) is 25.0 Å². The average Bonchev–Trinajstić information content (AvgIpc) is 2.40. The van der Waals surface area contributed by atoms with Crippen LogP contribution in [0.4, 0.5) is 18.9 Å². The minimum Gasteiger partial charge on any atom is -0.397 e. The smallest absolute Gasteiger partial charge is 0.391 e. The van der Waals surface area contributed by atoms with Crippen molar-refractivity contribution in [2.24, 2.45) is 5.92 Å². The monoisotopic (exact) mass is 323 g/mol. The normalized spacial score (nSPS) is 16.4. The summed E-state index contributed by atoms with van der Waals surface area (Å²) >= 11 is 0. The van der Waals surface area contributed by atoms with Crippen molar-refractivity contribution in [2.45, 2.75) is 25.4 Å². The van der Waals surface area contributed by atoms with Gasteiger partial charge in [0.25, 0.3) is 0 Å². The van der Waals surface area contributed by atoms with E-state index >= 15 is 0 Å². The lowest BCUT2D eigenvalue weighted by Crippen LogP contribution is -2.42. The van der Waals surface area contributed by atoms with E-state index in [1.165, 1.54) is 11.1 Å². The largest absolute Gasteiger partial charge is 0.397 e. The van der Waals surface area contributed by atoms with Crippen LogP contribution >= 0.6 is 12.4 Å². The molecule has 1 aliphatic rings. The number of anilines is 1. The second kappa shape index (κ2) is 6.98. The fourth-order valence-electron chi connectivity index (χ4n) is 2.26. The van der Waals surface area contributed by atoms with E-state index in [-0.39, 0.29) is 50.7 Å². The molecule has 1 amide bonds. The number of rotatable bonds is 2. The molecule has 8 heteroatoms. The van der Waals surface area contributed by atoms with E-state index in [0.29, 0.717) is 11.4 Å². The van der Waals surface area contributed by atoms with Crippen molar-refractivity contribution in [1.82, 2.24) is 9.88 Å². The number of carbonyl (C=O) groups excluding carboxylic acids is 1. The molecule has 1 aromatic heterocycles. The molecule has 118 valence electrons. The number of nitrogen functional groups attached to an aromatic ring is 1. The van der Waals surface area contributed by atoms with Gasteiger partial charge in [0.05, 0.1) is 24.2 Å². The molecular weight excluding hydrogens is 307 g/mol. The molecule has 0 spiro atoms. The highest BCUT2D eigenvalue weighted by Crippen LogP contribution is 2.34. The molecule has 0 aliphatic carbocycles. The maximum absolute atomic E-state index is 12.5. The fourth-order valence-corrected chi connectivity index (χ4v) is 2.26. The molecule has 1 saturated heterocycles. The first-order valence-electron chi connectivity index (χ1n) is 6.41. The number of aromatic nitrogens is 1. The van der Waals surface area contributed by atoms with Crippen LogP contribution in [-0.4, -0.2) is 35.1 Å². The van der Waals surface area contributed by atoms with Crippen LogP contribution in [-0.2, 0) is 11.2 Å². The van der Waals surface area contributed by atoms with Gasteiger partial charge in [-0.2, -0.15) is 13.2 Å². The molecule has 2 heterocycles. The number of nitrogens with zero attached hydrogens (tertiary/aromatic N) is 2. The van der Waals surface area contributed by atoms with Gasteiger partial charge >= 0.3 is 6.18 Å². The predicted molar refractivity (Wildman–Crippen MR) is 75.0 cm³/mol. The number of likely N-dealkylation sites (tertiary alicyclic amines) is 1. The van der Waals surface area contributed by atoms with Gasteiger partial charge in [0.2, 0.25) is 5.91 Å². The summed E-state index contributed by atoms with van der Waals surface area (Å²) in [5.41, 5.74) is 6.57. The number of hydrogen-bond acceptors (Lipinski definition) is 3. The Morgan fingerprint density at radius 2 is 1.95 bits per heavy atom. The second-order valence-electron chi connectivity index (χ2n) is 4.96. The Morgan fingerprint density at radius 1 is 1.33 bits per heavy atom. The SMILES string of the molecule is Cl.Nc1ccc(CC(=O)N2CCC(C(F)(F)F)CC2)nc1. The molecule has 0 bridgehead atoms. The number of piperidine rings is 1. The highest BCUT2D eigenvalue weighted by Gasteiger charge is 2.41. The average molecular weight is 324 g/mol. The van der Waals surface area contributed by atoms with E-state index in [4.69, 9.17) is 5.73 Å². The first-order chi connectivity index (χ1) is 9.36. The summed E-state index contributed by atoms with van der Waals surface area (Å²) in [6.45, 7) is 0.302. The third-order valence-electron chi connectivity index (χ3n) is 3.49. The minimum atomic E-state index is -4.16. The number of alkyl halides is 3. The molecule has 21 heavy (non-hydrogen) atoms. The molecule has 1 fully saturated rings. The zero-order valence-corrected chi connectivity index (χ0v) is 12.1. The minimum absolute atomic E-state index is 0. The molecule has 0 unspecified atom stereocenters. The van der Waals surface area contributed by atoms with E-state index in [9.17, 15) is 18.0 Å². The summed E-state index contributed by atoms with van der Waals surface area (Å²) in [5.74, 6) is -1.48. The van der Waals surface area contributed by atoms with Crippen molar-refractivity contribution in [3.63, 3.8) is 0 Å². The highest BCUT2D eigenvalue weighted by molar-refractivity contribution is 5.85. The summed E-state index contributed by atoms with van der Waals surface area (Å²) in [7, 11) is 0. The van der Waals surface area contributed by atoms with Crippen LogP contribution in [0.15, 0.2) is 18.3 Å². The topological polar surface area (TPSA) is 59.2 Å². The molecule has 4 nitrogen and oxygen atoms in total. The van der Waals surface area contributed by atoms with Gasteiger partial charge < -0.3 is 10.6 Å². The van der Waals surface area contributed by atoms with Gasteiger partial charge in [-0.1, -0.05) is 0 Å². The van der Waals surface area contributed by atoms with Crippen molar-refractivity contribution in [2.75, 3.05) is 18.8 Å². The summed E-state index contributed by atoms with van der Waals surface area (Å²) in [6, 6.07) is 3.29. The van der Waals surface area contributed by atoms with E-state index in [1.807, 2.05) is 0 Å². The molecular formula is C13H17ClF3N3O. The van der Waals surface area contributed by atoms with E-state index in [2.05, 4.69) is 4.98 Å². The van der Waals surface area contributed by atoms with Gasteiger partial charge in [0, 0.05) is 18.8 Å². The van der Waals surface area contributed by atoms with Gasteiger partial charge in [0.1, 0.15) is 0 Å². The molecule has 1 aliphatic heterocycles. The van der Waals surface area contributed by atoms with Crippen LogP contribution in [0.5, 0.6) is 0 Å². The van der Waals surface area contributed by atoms with E-state index < -0.39 is 12.1 Å². The standard InChI is InChI=1S/C13H16F3N3O.ClH/c14-13(15,16)9-3-5-19(6-4-9)12(20)7-11-2-1-10(17)8-18-11;/h1-2,8-9H,3-7,17H2;1H. The van der Waals surface area contributed by atoms with Crippen LogP contribution in [0.25, 0.3) is 0 Å². The third kappa shape index (κ3) is 4.77. The number of amides is 1. The van der Waals surface area contributed by atoms with Crippen molar-refractivity contribution < 1.29 is 18.0 Å². The van der Waals surface area contributed by atoms with Crippen LogP contribution in [0, 0.1) is 5.92 Å². The maximum Gasteiger partial charge on any atom is 0.391 e. The molecule has 1 aromatic rings. The Labute approximate surface area is 126 Å². The Hall–Kier alpha value is -1.50. The lowest BCUT2D eigenvalue weighted by Gasteiger charge is -2.32. The Bertz CT molecular complexity index is 471. The summed E-state index contributed by atoms with van der Waals surface area (Å²) < 4.78 is 37.6. The van der Waals surface area contributed by atoms with Gasteiger partial charge in [-0.15, -0.1) is 12.4 Å². The van der Waals surface area contributed by atoms with Crippen molar-refractivity contribution in [3.8, 4) is 0 Å². The molecule has 2 rings (SSSR count). The number of pyridine rings is 1. The van der Waals surface area contributed by atoms with Crippen LogP contribution in [0.2, 0.25) is 0 Å². The summed E-state index contributed by atoms with van der Waals surface area (Å²) in [6.07, 6.45) is -2.65. The maximum atomic E-state index is 12.5. The lowest BCUT2D eigenvalue weighted by molar-refractivity contribution is -0.186. The molecule has 0 aromatic carbocycles. The molecule has 0 radical (unpaired) electrons. The zero-order valence-electron chi connectivity index (χ0n) is 11.3. The first kappa shape index (κ1) is 17.6. The Morgan fingerprint density at radius 3 is 2.43 bits per heavy atom. The summed E-state index contributed by atoms with van der Waals surface area (Å²) in [4.78, 5) is 17.5. The predicted octanol–water partition coefficient (Wildman–Crippen LogP) is 2.43. The second-order valence-corrected chi connectivity index (χ2v) is 4.96. The molecule has 0 atom stereocenters. The van der Waals surface area contributed by atoms with Gasteiger partial charge in [0.15, 0.2) is 0 Å². The number of carbonyl (C=O) groups is 1. The fraction of sp³-hybridized carbons (Fsp3) is 0.538. The third-order valence-corrected chi connectivity index (χ3v) is 3.49. The van der Waals surface area contributed by atoms with Crippen molar-refractivity contribution in [3.05, 3.63) is 24.0 Å². The van der Waals surface area contributed by atoms with Crippen molar-refractivity contribution >= 4 is 24.0 Å². The lowest BCUT2D eigenvalue weighted by atomic mass is 9.96. The summed E-state index contributed by atoms with van der Waals surface area (Å²) in [5, 5.41) is 0. The van der Waals surface area contributed by atoms with E-state index in [1.54, 1.807) is 12.1 Å². The van der Waals surface area contributed by atoms with E-state index in [0.717, 1.165) is 0 Å².